The molecule has 2 aromatic carbocycles. The number of fused-ring (bicyclic) bond motifs is 1. The van der Waals surface area contributed by atoms with E-state index in [9.17, 15) is 14.7 Å². The number of rotatable bonds is 4. The van der Waals surface area contributed by atoms with Gasteiger partial charge in [-0.25, -0.2) is 4.68 Å². The molecular weight excluding hydrogens is 396 g/mol. The highest BCUT2D eigenvalue weighted by Crippen LogP contribution is 2.27. The van der Waals surface area contributed by atoms with Crippen molar-refractivity contribution in [2.75, 3.05) is 12.4 Å². The van der Waals surface area contributed by atoms with E-state index in [1.807, 2.05) is 0 Å². The van der Waals surface area contributed by atoms with Crippen LogP contribution in [0.1, 0.15) is 10.4 Å². The number of carbonyl (C=O) groups is 1. The van der Waals surface area contributed by atoms with Gasteiger partial charge in [-0.1, -0.05) is 17.7 Å². The molecule has 2 aromatic heterocycles. The number of carbonyl (C=O) groups excluding carboxylic acids is 1. The largest absolute Gasteiger partial charge is 0.506 e. The van der Waals surface area contributed by atoms with Crippen LogP contribution < -0.4 is 15.6 Å². The molecule has 2 heterocycles. The molecule has 0 bridgehead atoms. The van der Waals surface area contributed by atoms with Crippen molar-refractivity contribution in [3.05, 3.63) is 75.7 Å². The molecule has 0 spiro atoms. The van der Waals surface area contributed by atoms with Gasteiger partial charge in [0.2, 0.25) is 0 Å². The van der Waals surface area contributed by atoms with Crippen molar-refractivity contribution in [3.63, 3.8) is 0 Å². The van der Waals surface area contributed by atoms with E-state index >= 15 is 0 Å². The number of pyridine rings is 1. The fourth-order valence-corrected chi connectivity index (χ4v) is 3.06. The molecule has 3 N–H and O–H groups in total. The normalized spacial score (nSPS) is 10.8. The number of aromatic amines is 1. The highest BCUT2D eigenvalue weighted by molar-refractivity contribution is 6.30. The van der Waals surface area contributed by atoms with Gasteiger partial charge in [-0.05, 0) is 36.4 Å². The lowest BCUT2D eigenvalue weighted by Gasteiger charge is -2.09. The first-order chi connectivity index (χ1) is 14.0. The van der Waals surface area contributed by atoms with Crippen molar-refractivity contribution in [1.82, 2.24) is 14.8 Å². The molecule has 29 heavy (non-hydrogen) atoms. The zero-order valence-corrected chi connectivity index (χ0v) is 15.9. The van der Waals surface area contributed by atoms with E-state index in [1.165, 1.54) is 18.0 Å². The molecule has 0 atom stereocenters. The number of hydrogen-bond donors (Lipinski definition) is 3. The van der Waals surface area contributed by atoms with Crippen molar-refractivity contribution in [2.24, 2.45) is 0 Å². The summed E-state index contributed by atoms with van der Waals surface area (Å²) >= 11 is 5.90. The molecule has 1 amide bonds. The first kappa shape index (κ1) is 18.6. The Morgan fingerprint density at radius 3 is 2.72 bits per heavy atom. The van der Waals surface area contributed by atoms with Crippen LogP contribution >= 0.6 is 11.6 Å². The molecule has 0 aliphatic rings. The number of H-pyrrole nitrogens is 1. The monoisotopic (exact) mass is 410 g/mol. The molecule has 0 unspecified atom stereocenters. The Morgan fingerprint density at radius 2 is 2.00 bits per heavy atom. The van der Waals surface area contributed by atoms with Gasteiger partial charge in [0.1, 0.15) is 22.7 Å². The highest BCUT2D eigenvalue weighted by atomic mass is 35.5. The molecule has 0 saturated heterocycles. The minimum absolute atomic E-state index is 0.232. The third-order valence-corrected chi connectivity index (χ3v) is 4.60. The van der Waals surface area contributed by atoms with Crippen LogP contribution in [0.2, 0.25) is 5.02 Å². The maximum Gasteiger partial charge on any atom is 0.266 e. The Bertz CT molecular complexity index is 1280. The molecule has 0 saturated carbocycles. The molecule has 9 heteroatoms. The number of benzene rings is 2. The second-order valence-corrected chi connectivity index (χ2v) is 6.60. The maximum atomic E-state index is 12.6. The second-order valence-electron chi connectivity index (χ2n) is 6.16. The van der Waals surface area contributed by atoms with Gasteiger partial charge in [0.15, 0.2) is 0 Å². The van der Waals surface area contributed by atoms with Crippen molar-refractivity contribution >= 4 is 34.2 Å². The van der Waals surface area contributed by atoms with Gasteiger partial charge < -0.3 is 20.1 Å². The maximum absolute atomic E-state index is 12.6. The number of hydrogen-bond acceptors (Lipinski definition) is 5. The Kier molecular flexibility index (Phi) is 4.69. The van der Waals surface area contributed by atoms with Crippen LogP contribution in [0, 0.1) is 0 Å². The molecule has 4 aromatic rings. The van der Waals surface area contributed by atoms with Crippen molar-refractivity contribution in [2.45, 2.75) is 0 Å². The van der Waals surface area contributed by atoms with Gasteiger partial charge in [-0.3, -0.25) is 9.59 Å². The second kappa shape index (κ2) is 7.33. The molecule has 0 fully saturated rings. The fraction of sp³-hybridized carbons (Fsp3) is 0.0500. The van der Waals surface area contributed by atoms with E-state index in [1.54, 1.807) is 48.5 Å². The van der Waals surface area contributed by atoms with Crippen molar-refractivity contribution < 1.29 is 14.6 Å². The lowest BCUT2D eigenvalue weighted by molar-refractivity contribution is 0.102. The Morgan fingerprint density at radius 1 is 1.24 bits per heavy atom. The summed E-state index contributed by atoms with van der Waals surface area (Å²) in [4.78, 5) is 27.8. The summed E-state index contributed by atoms with van der Waals surface area (Å²) in [5.41, 5.74) is 0.160. The predicted octanol–water partition coefficient (Wildman–Crippen LogP) is 3.33. The van der Waals surface area contributed by atoms with Crippen LogP contribution in [0.3, 0.4) is 0 Å². The number of halogens is 1. The minimum atomic E-state index is -0.752. The number of aromatic hydroxyl groups is 1. The van der Waals surface area contributed by atoms with Gasteiger partial charge in [-0.2, -0.15) is 5.10 Å². The molecule has 4 rings (SSSR count). The van der Waals surface area contributed by atoms with Crippen LogP contribution in [-0.2, 0) is 0 Å². The third-order valence-electron chi connectivity index (χ3n) is 4.35. The topological polar surface area (TPSA) is 109 Å². The summed E-state index contributed by atoms with van der Waals surface area (Å²) in [6, 6.07) is 13.4. The standard InChI is InChI=1S/C20H15ClN4O4/c1-29-14-4-2-3-12(9-14)23-19(27)16-17(26)15-10-22-25(18(15)24-20(16)28)13-7-5-11(21)6-8-13/h2-10H,1H3,(H,23,27)(H2,24,26,28). The lowest BCUT2D eigenvalue weighted by Crippen LogP contribution is -2.23. The molecule has 0 aliphatic heterocycles. The van der Waals surface area contributed by atoms with E-state index in [0.29, 0.717) is 22.1 Å². The van der Waals surface area contributed by atoms with E-state index in [0.717, 1.165) is 0 Å². The van der Waals surface area contributed by atoms with E-state index < -0.39 is 22.8 Å². The van der Waals surface area contributed by atoms with Gasteiger partial charge in [0, 0.05) is 16.8 Å². The van der Waals surface area contributed by atoms with Crippen molar-refractivity contribution in [1.29, 1.82) is 0 Å². The summed E-state index contributed by atoms with van der Waals surface area (Å²) in [6.45, 7) is 0. The van der Waals surface area contributed by atoms with Crippen LogP contribution in [0.15, 0.2) is 59.5 Å². The quantitative estimate of drug-likeness (QED) is 0.478. The van der Waals surface area contributed by atoms with Gasteiger partial charge in [0.05, 0.1) is 24.4 Å². The van der Waals surface area contributed by atoms with Crippen molar-refractivity contribution in [3.8, 4) is 17.2 Å². The van der Waals surface area contributed by atoms with E-state index in [4.69, 9.17) is 16.3 Å². The predicted molar refractivity (Wildman–Crippen MR) is 109 cm³/mol. The fourth-order valence-electron chi connectivity index (χ4n) is 2.94. The number of aromatic nitrogens is 3. The lowest BCUT2D eigenvalue weighted by atomic mass is 10.2. The number of amides is 1. The number of nitrogens with one attached hydrogen (secondary N) is 2. The zero-order chi connectivity index (χ0) is 20.5. The Balaban J connectivity index is 1.75. The van der Waals surface area contributed by atoms with Crippen LogP contribution in [0.25, 0.3) is 16.7 Å². The van der Waals surface area contributed by atoms with Crippen LogP contribution in [0.4, 0.5) is 5.69 Å². The summed E-state index contributed by atoms with van der Waals surface area (Å²) < 4.78 is 6.55. The van der Waals surface area contributed by atoms with E-state index in [-0.39, 0.29) is 11.0 Å². The molecule has 8 nitrogen and oxygen atoms in total. The summed E-state index contributed by atoms with van der Waals surface area (Å²) in [6.07, 6.45) is 1.37. The molecule has 146 valence electrons. The zero-order valence-electron chi connectivity index (χ0n) is 15.1. The van der Waals surface area contributed by atoms with Gasteiger partial charge in [0.25, 0.3) is 11.5 Å². The average molecular weight is 411 g/mol. The SMILES string of the molecule is COc1cccc(NC(=O)c2c(O)c3cnn(-c4ccc(Cl)cc4)c3[nH]c2=O)c1. The Hall–Kier alpha value is -3.78. The highest BCUT2D eigenvalue weighted by Gasteiger charge is 2.22. The van der Waals surface area contributed by atoms with Crippen LogP contribution in [0.5, 0.6) is 11.5 Å². The first-order valence-corrected chi connectivity index (χ1v) is 8.90. The smallest absolute Gasteiger partial charge is 0.266 e. The van der Waals surface area contributed by atoms with Gasteiger partial charge >= 0.3 is 0 Å². The minimum Gasteiger partial charge on any atom is -0.506 e. The number of methoxy groups -OCH3 is 1. The number of nitrogens with zero attached hydrogens (tertiary/aromatic N) is 2. The number of anilines is 1. The van der Waals surface area contributed by atoms with E-state index in [2.05, 4.69) is 15.4 Å². The third kappa shape index (κ3) is 3.41. The molecular formula is C20H15ClN4O4. The molecule has 0 radical (unpaired) electrons. The summed E-state index contributed by atoms with van der Waals surface area (Å²) in [5.74, 6) is -0.664. The summed E-state index contributed by atoms with van der Waals surface area (Å²) in [5, 5.41) is 18.2. The van der Waals surface area contributed by atoms with Gasteiger partial charge in [-0.15, -0.1) is 0 Å². The molecule has 0 aliphatic carbocycles. The first-order valence-electron chi connectivity index (χ1n) is 8.52. The summed E-state index contributed by atoms with van der Waals surface area (Å²) in [7, 11) is 1.50. The Labute approximate surface area is 169 Å². The van der Waals surface area contributed by atoms with Crippen LogP contribution in [-0.4, -0.2) is 32.9 Å². The average Bonchev–Trinajstić information content (AvgIpc) is 3.12. The number of ether oxygens (including phenoxy) is 1.